The lowest BCUT2D eigenvalue weighted by atomic mass is 10.1. The Bertz CT molecular complexity index is 1250. The van der Waals surface area contributed by atoms with Crippen LogP contribution in [0, 0.1) is 0 Å². The second kappa shape index (κ2) is 10.2. The van der Waals surface area contributed by atoms with E-state index in [2.05, 4.69) is 11.9 Å². The molecule has 0 fully saturated rings. The highest BCUT2D eigenvalue weighted by Crippen LogP contribution is 2.31. The van der Waals surface area contributed by atoms with E-state index < -0.39 is 5.97 Å². The van der Waals surface area contributed by atoms with Crippen LogP contribution in [-0.4, -0.2) is 28.7 Å². The number of rotatable bonds is 9. The molecule has 0 atom stereocenters. The molecule has 7 heteroatoms. The summed E-state index contributed by atoms with van der Waals surface area (Å²) in [6.07, 6.45) is 2.98. The van der Waals surface area contributed by atoms with Crippen LogP contribution in [0.1, 0.15) is 18.9 Å². The largest absolute Gasteiger partial charge is 0.494 e. The van der Waals surface area contributed by atoms with E-state index >= 15 is 0 Å². The first kappa shape index (κ1) is 21.8. The molecule has 0 unspecified atom stereocenters. The highest BCUT2D eigenvalue weighted by Gasteiger charge is 2.15. The van der Waals surface area contributed by atoms with Crippen molar-refractivity contribution in [2.24, 2.45) is 0 Å². The quantitative estimate of drug-likeness (QED) is 0.347. The van der Waals surface area contributed by atoms with Gasteiger partial charge in [0.25, 0.3) is 5.56 Å². The van der Waals surface area contributed by atoms with Crippen LogP contribution in [0.15, 0.2) is 71.1 Å². The van der Waals surface area contributed by atoms with Gasteiger partial charge in [0.1, 0.15) is 17.1 Å². The zero-order chi connectivity index (χ0) is 22.3. The van der Waals surface area contributed by atoms with Gasteiger partial charge in [-0.25, -0.2) is 4.98 Å². The van der Waals surface area contributed by atoms with E-state index in [-0.39, 0.29) is 18.7 Å². The van der Waals surface area contributed by atoms with Crippen LogP contribution >= 0.6 is 11.3 Å². The van der Waals surface area contributed by atoms with Crippen molar-refractivity contribution in [3.63, 3.8) is 0 Å². The number of carbonyl (C=O) groups excluding carboxylic acids is 1. The van der Waals surface area contributed by atoms with E-state index in [4.69, 9.17) is 9.47 Å². The molecule has 0 bridgehead atoms. The summed E-state index contributed by atoms with van der Waals surface area (Å²) < 4.78 is 12.3. The average molecular weight is 449 g/mol. The molecule has 2 heterocycles. The molecule has 0 saturated heterocycles. The molecule has 0 aliphatic carbocycles. The van der Waals surface area contributed by atoms with Crippen molar-refractivity contribution in [2.45, 2.75) is 26.3 Å². The number of ether oxygens (including phenoxy) is 2. The maximum Gasteiger partial charge on any atom is 0.326 e. The van der Waals surface area contributed by atoms with E-state index in [0.29, 0.717) is 23.2 Å². The lowest BCUT2D eigenvalue weighted by molar-refractivity contribution is -0.144. The first-order valence-electron chi connectivity index (χ1n) is 10.5. The van der Waals surface area contributed by atoms with Crippen molar-refractivity contribution in [1.29, 1.82) is 0 Å². The Labute approximate surface area is 190 Å². The second-order valence-corrected chi connectivity index (χ2v) is 8.19. The van der Waals surface area contributed by atoms with Crippen molar-refractivity contribution in [3.05, 3.63) is 82.2 Å². The first-order valence-corrected chi connectivity index (χ1v) is 11.4. The van der Waals surface area contributed by atoms with Crippen molar-refractivity contribution in [1.82, 2.24) is 9.55 Å². The summed E-state index contributed by atoms with van der Waals surface area (Å²) in [7, 11) is 0. The minimum absolute atomic E-state index is 0.171. The highest BCUT2D eigenvalue weighted by molar-refractivity contribution is 7.17. The van der Waals surface area contributed by atoms with Crippen molar-refractivity contribution in [2.75, 3.05) is 13.2 Å². The molecule has 164 valence electrons. The zero-order valence-electron chi connectivity index (χ0n) is 17.8. The van der Waals surface area contributed by atoms with Crippen LogP contribution in [0.25, 0.3) is 21.3 Å². The van der Waals surface area contributed by atoms with E-state index in [9.17, 15) is 9.59 Å². The molecule has 4 rings (SSSR count). The summed E-state index contributed by atoms with van der Waals surface area (Å²) in [6, 6.07) is 17.5. The number of hydrogen-bond donors (Lipinski definition) is 0. The van der Waals surface area contributed by atoms with E-state index in [1.807, 2.05) is 60.0 Å². The smallest absolute Gasteiger partial charge is 0.326 e. The van der Waals surface area contributed by atoms with Crippen LogP contribution in [0.5, 0.6) is 5.75 Å². The summed E-state index contributed by atoms with van der Waals surface area (Å²) in [5.41, 5.74) is 2.55. The summed E-state index contributed by atoms with van der Waals surface area (Å²) in [4.78, 5) is 30.4. The van der Waals surface area contributed by atoms with Gasteiger partial charge < -0.3 is 9.47 Å². The maximum absolute atomic E-state index is 13.1. The molecular formula is C25H24N2O4S. The number of carbonyl (C=O) groups is 1. The van der Waals surface area contributed by atoms with Gasteiger partial charge in [0.2, 0.25) is 0 Å². The maximum atomic E-state index is 13.1. The lowest BCUT2D eigenvalue weighted by Gasteiger charge is -2.08. The topological polar surface area (TPSA) is 70.4 Å². The van der Waals surface area contributed by atoms with Crippen LogP contribution < -0.4 is 10.3 Å². The second-order valence-electron chi connectivity index (χ2n) is 7.34. The van der Waals surface area contributed by atoms with Gasteiger partial charge in [0.15, 0.2) is 0 Å². The lowest BCUT2D eigenvalue weighted by Crippen LogP contribution is -2.26. The normalized spacial score (nSPS) is 10.9. The fraction of sp³-hybridized carbons (Fsp3) is 0.240. The fourth-order valence-corrected chi connectivity index (χ4v) is 4.26. The van der Waals surface area contributed by atoms with Gasteiger partial charge in [0.05, 0.1) is 24.9 Å². The number of benzene rings is 2. The molecule has 0 amide bonds. The minimum atomic E-state index is -0.460. The summed E-state index contributed by atoms with van der Waals surface area (Å²) in [5.74, 6) is 0.335. The predicted molar refractivity (Wildman–Crippen MR) is 126 cm³/mol. The monoisotopic (exact) mass is 448 g/mol. The molecule has 2 aromatic heterocycles. The first-order chi connectivity index (χ1) is 15.7. The molecule has 2 aromatic carbocycles. The van der Waals surface area contributed by atoms with Crippen LogP contribution in [-0.2, 0) is 22.5 Å². The minimum Gasteiger partial charge on any atom is -0.494 e. The summed E-state index contributed by atoms with van der Waals surface area (Å²) in [5, 5.41) is 2.43. The van der Waals surface area contributed by atoms with Crippen LogP contribution in [0.2, 0.25) is 0 Å². The average Bonchev–Trinajstić information content (AvgIpc) is 3.25. The molecule has 4 aromatic rings. The zero-order valence-corrected chi connectivity index (χ0v) is 18.6. The molecule has 0 aliphatic heterocycles. The van der Waals surface area contributed by atoms with Crippen molar-refractivity contribution < 1.29 is 14.3 Å². The van der Waals surface area contributed by atoms with E-state index in [0.717, 1.165) is 28.9 Å². The standard InChI is InChI=1S/C25H24N2O4S/c1-2-13-30-20-10-8-19(9-11-20)21-16-32-24-23(21)25(29)27(17-26-24)15-22(28)31-14-12-18-6-4-3-5-7-18/h3-11,16-17H,2,12-15H2,1H3. The third-order valence-electron chi connectivity index (χ3n) is 4.99. The third-order valence-corrected chi connectivity index (χ3v) is 5.88. The van der Waals surface area contributed by atoms with Gasteiger partial charge in [-0.3, -0.25) is 14.2 Å². The Morgan fingerprint density at radius 1 is 1.06 bits per heavy atom. The Morgan fingerprint density at radius 2 is 1.84 bits per heavy atom. The van der Waals surface area contributed by atoms with E-state index in [1.165, 1.54) is 22.2 Å². The molecule has 0 radical (unpaired) electrons. The van der Waals surface area contributed by atoms with E-state index in [1.54, 1.807) is 0 Å². The molecule has 6 nitrogen and oxygen atoms in total. The van der Waals surface area contributed by atoms with Gasteiger partial charge in [-0.05, 0) is 29.7 Å². The Hall–Kier alpha value is -3.45. The van der Waals surface area contributed by atoms with Gasteiger partial charge in [-0.1, -0.05) is 49.4 Å². The molecule has 0 N–H and O–H groups in total. The number of thiophene rings is 1. The van der Waals surface area contributed by atoms with Gasteiger partial charge in [-0.2, -0.15) is 0 Å². The number of hydrogen-bond acceptors (Lipinski definition) is 6. The Balaban J connectivity index is 1.48. The van der Waals surface area contributed by atoms with Gasteiger partial charge in [0, 0.05) is 17.4 Å². The highest BCUT2D eigenvalue weighted by atomic mass is 32.1. The molecule has 32 heavy (non-hydrogen) atoms. The Morgan fingerprint density at radius 3 is 2.59 bits per heavy atom. The Kier molecular flexibility index (Phi) is 6.97. The summed E-state index contributed by atoms with van der Waals surface area (Å²) in [6.45, 7) is 2.82. The number of esters is 1. The molecule has 0 saturated carbocycles. The van der Waals surface area contributed by atoms with Crippen LogP contribution in [0.3, 0.4) is 0 Å². The van der Waals surface area contributed by atoms with Crippen molar-refractivity contribution >= 4 is 27.5 Å². The van der Waals surface area contributed by atoms with Gasteiger partial charge >= 0.3 is 5.97 Å². The predicted octanol–water partition coefficient (Wildman–Crippen LogP) is 4.70. The number of fused-ring (bicyclic) bond motifs is 1. The van der Waals surface area contributed by atoms with Crippen molar-refractivity contribution in [3.8, 4) is 16.9 Å². The number of nitrogens with zero attached hydrogens (tertiary/aromatic N) is 2. The van der Waals surface area contributed by atoms with Crippen LogP contribution in [0.4, 0.5) is 0 Å². The van der Waals surface area contributed by atoms with Gasteiger partial charge in [-0.15, -0.1) is 11.3 Å². The molecular weight excluding hydrogens is 424 g/mol. The SMILES string of the molecule is CCCOc1ccc(-c2csc3ncn(CC(=O)OCCc4ccccc4)c(=O)c23)cc1. The number of aromatic nitrogens is 2. The summed E-state index contributed by atoms with van der Waals surface area (Å²) >= 11 is 1.41. The third kappa shape index (κ3) is 5.06. The molecule has 0 aliphatic rings. The molecule has 0 spiro atoms. The fourth-order valence-electron chi connectivity index (χ4n) is 3.36.